The molecule has 4 N–H and O–H groups in total. The first kappa shape index (κ1) is 11.7. The van der Waals surface area contributed by atoms with E-state index in [1.165, 1.54) is 0 Å². The number of benzene rings is 1. The standard InChI is InChI=1S/C11H15NO3/c12-10(7-13)9-4-1-8(2-5-9)3-6-11(14)15/h1-2,4-5,10,13H,3,6-7,12H2,(H,14,15)/t10-/m1/s1. The number of carboxylic acid groups (broad SMARTS) is 1. The lowest BCUT2D eigenvalue weighted by Gasteiger charge is -2.08. The van der Waals surface area contributed by atoms with Gasteiger partial charge in [0.25, 0.3) is 0 Å². The quantitative estimate of drug-likeness (QED) is 0.666. The molecule has 0 bridgehead atoms. The highest BCUT2D eigenvalue weighted by atomic mass is 16.4. The van der Waals surface area contributed by atoms with Crippen molar-refractivity contribution in [1.82, 2.24) is 0 Å². The molecule has 0 saturated carbocycles. The Morgan fingerprint density at radius 2 is 1.93 bits per heavy atom. The number of hydrogen-bond acceptors (Lipinski definition) is 3. The molecule has 0 radical (unpaired) electrons. The average Bonchev–Trinajstić information content (AvgIpc) is 2.26. The Kier molecular flexibility index (Phi) is 4.27. The third-order valence-electron chi connectivity index (χ3n) is 2.23. The van der Waals surface area contributed by atoms with Gasteiger partial charge in [0.15, 0.2) is 0 Å². The van der Waals surface area contributed by atoms with E-state index in [2.05, 4.69) is 0 Å². The van der Waals surface area contributed by atoms with E-state index in [1.807, 2.05) is 24.3 Å². The van der Waals surface area contributed by atoms with Crippen molar-refractivity contribution in [3.63, 3.8) is 0 Å². The van der Waals surface area contributed by atoms with Crippen molar-refractivity contribution in [2.24, 2.45) is 5.73 Å². The SMILES string of the molecule is N[C@H](CO)c1ccc(CCC(=O)O)cc1. The molecule has 1 atom stereocenters. The van der Waals surface area contributed by atoms with Crippen LogP contribution in [0.4, 0.5) is 0 Å². The molecular formula is C11H15NO3. The first-order valence-electron chi connectivity index (χ1n) is 4.80. The summed E-state index contributed by atoms with van der Waals surface area (Å²) < 4.78 is 0. The van der Waals surface area contributed by atoms with Crippen molar-refractivity contribution >= 4 is 5.97 Å². The smallest absolute Gasteiger partial charge is 0.303 e. The van der Waals surface area contributed by atoms with E-state index >= 15 is 0 Å². The van der Waals surface area contributed by atoms with Gasteiger partial charge in [0.2, 0.25) is 0 Å². The molecular weight excluding hydrogens is 194 g/mol. The number of aliphatic hydroxyl groups is 1. The van der Waals surface area contributed by atoms with Crippen LogP contribution in [0.25, 0.3) is 0 Å². The van der Waals surface area contributed by atoms with E-state index in [0.717, 1.165) is 11.1 Å². The van der Waals surface area contributed by atoms with Gasteiger partial charge in [-0.15, -0.1) is 0 Å². The Hall–Kier alpha value is -1.39. The van der Waals surface area contributed by atoms with Crippen molar-refractivity contribution in [2.75, 3.05) is 6.61 Å². The fourth-order valence-electron chi connectivity index (χ4n) is 1.29. The van der Waals surface area contributed by atoms with Crippen molar-refractivity contribution in [3.05, 3.63) is 35.4 Å². The summed E-state index contributed by atoms with van der Waals surface area (Å²) in [4.78, 5) is 10.3. The topological polar surface area (TPSA) is 83.5 Å². The van der Waals surface area contributed by atoms with E-state index in [-0.39, 0.29) is 19.1 Å². The molecule has 1 aromatic carbocycles. The highest BCUT2D eigenvalue weighted by Crippen LogP contribution is 2.12. The van der Waals surface area contributed by atoms with Crippen molar-refractivity contribution < 1.29 is 15.0 Å². The average molecular weight is 209 g/mol. The summed E-state index contributed by atoms with van der Waals surface area (Å²) >= 11 is 0. The van der Waals surface area contributed by atoms with Crippen LogP contribution in [0.15, 0.2) is 24.3 Å². The molecule has 0 amide bonds. The maximum atomic E-state index is 10.3. The molecule has 0 aliphatic carbocycles. The number of nitrogens with two attached hydrogens (primary N) is 1. The summed E-state index contributed by atoms with van der Waals surface area (Å²) in [5.74, 6) is -0.800. The van der Waals surface area contributed by atoms with E-state index in [0.29, 0.717) is 6.42 Å². The van der Waals surface area contributed by atoms with Gasteiger partial charge in [-0.05, 0) is 17.5 Å². The summed E-state index contributed by atoms with van der Waals surface area (Å²) in [6.07, 6.45) is 0.648. The van der Waals surface area contributed by atoms with E-state index in [4.69, 9.17) is 15.9 Å². The van der Waals surface area contributed by atoms with Gasteiger partial charge in [0.1, 0.15) is 0 Å². The first-order valence-corrected chi connectivity index (χ1v) is 4.80. The lowest BCUT2D eigenvalue weighted by Crippen LogP contribution is -2.14. The molecule has 4 heteroatoms. The molecule has 0 aliphatic heterocycles. The molecule has 1 rings (SSSR count). The highest BCUT2D eigenvalue weighted by Gasteiger charge is 2.04. The second kappa shape index (κ2) is 5.48. The Morgan fingerprint density at radius 3 is 2.40 bits per heavy atom. The van der Waals surface area contributed by atoms with E-state index in [1.54, 1.807) is 0 Å². The van der Waals surface area contributed by atoms with Crippen LogP contribution in [-0.4, -0.2) is 22.8 Å². The Balaban J connectivity index is 2.60. The zero-order chi connectivity index (χ0) is 11.3. The maximum Gasteiger partial charge on any atom is 0.303 e. The minimum atomic E-state index is -0.800. The van der Waals surface area contributed by atoms with E-state index in [9.17, 15) is 4.79 Å². The second-order valence-electron chi connectivity index (χ2n) is 3.42. The first-order chi connectivity index (χ1) is 7.13. The lowest BCUT2D eigenvalue weighted by atomic mass is 10.0. The molecule has 0 saturated heterocycles. The van der Waals surface area contributed by atoms with Crippen LogP contribution in [0.2, 0.25) is 0 Å². The molecule has 15 heavy (non-hydrogen) atoms. The predicted octanol–water partition coefficient (Wildman–Crippen LogP) is 0.696. The highest BCUT2D eigenvalue weighted by molar-refractivity contribution is 5.67. The Morgan fingerprint density at radius 1 is 1.33 bits per heavy atom. The Bertz CT molecular complexity index is 321. The van der Waals surface area contributed by atoms with Gasteiger partial charge in [-0.2, -0.15) is 0 Å². The molecule has 82 valence electrons. The number of aliphatic hydroxyl groups excluding tert-OH is 1. The van der Waals surface area contributed by atoms with Crippen LogP contribution < -0.4 is 5.73 Å². The van der Waals surface area contributed by atoms with Crippen molar-refractivity contribution in [1.29, 1.82) is 0 Å². The summed E-state index contributed by atoms with van der Waals surface area (Å²) in [6, 6.07) is 6.95. The zero-order valence-corrected chi connectivity index (χ0v) is 8.39. The van der Waals surface area contributed by atoms with E-state index < -0.39 is 5.97 Å². The number of carbonyl (C=O) groups is 1. The second-order valence-corrected chi connectivity index (χ2v) is 3.42. The summed E-state index contributed by atoms with van der Waals surface area (Å²) in [5.41, 5.74) is 7.44. The fraction of sp³-hybridized carbons (Fsp3) is 0.364. The lowest BCUT2D eigenvalue weighted by molar-refractivity contribution is -0.136. The number of hydrogen-bond donors (Lipinski definition) is 3. The van der Waals surface area contributed by atoms with Crippen LogP contribution in [-0.2, 0) is 11.2 Å². The van der Waals surface area contributed by atoms with Crippen molar-refractivity contribution in [3.8, 4) is 0 Å². The molecule has 0 heterocycles. The van der Waals surface area contributed by atoms with Crippen LogP contribution in [0.5, 0.6) is 0 Å². The third kappa shape index (κ3) is 3.69. The monoisotopic (exact) mass is 209 g/mol. The molecule has 0 spiro atoms. The Labute approximate surface area is 88.3 Å². The summed E-state index contributed by atoms with van der Waals surface area (Å²) in [6.45, 7) is -0.0888. The minimum Gasteiger partial charge on any atom is -0.481 e. The van der Waals surface area contributed by atoms with Crippen LogP contribution in [0, 0.1) is 0 Å². The van der Waals surface area contributed by atoms with Gasteiger partial charge in [-0.3, -0.25) is 4.79 Å². The molecule has 4 nitrogen and oxygen atoms in total. The fourth-order valence-corrected chi connectivity index (χ4v) is 1.29. The van der Waals surface area contributed by atoms with Gasteiger partial charge in [0, 0.05) is 6.42 Å². The molecule has 0 aromatic heterocycles. The number of aryl methyl sites for hydroxylation is 1. The molecule has 1 aromatic rings. The van der Waals surface area contributed by atoms with Crippen LogP contribution in [0.3, 0.4) is 0 Å². The summed E-state index contributed by atoms with van der Waals surface area (Å²) in [7, 11) is 0. The van der Waals surface area contributed by atoms with Gasteiger partial charge in [-0.25, -0.2) is 0 Å². The molecule has 0 aliphatic rings. The number of aliphatic carboxylic acids is 1. The minimum absolute atomic E-state index is 0.0888. The van der Waals surface area contributed by atoms with Gasteiger partial charge < -0.3 is 15.9 Å². The largest absolute Gasteiger partial charge is 0.481 e. The number of carboxylic acids is 1. The summed E-state index contributed by atoms with van der Waals surface area (Å²) in [5, 5.41) is 17.3. The zero-order valence-electron chi connectivity index (χ0n) is 8.39. The van der Waals surface area contributed by atoms with Gasteiger partial charge in [0.05, 0.1) is 12.6 Å². The predicted molar refractivity (Wildman–Crippen MR) is 56.4 cm³/mol. The van der Waals surface area contributed by atoms with Crippen LogP contribution in [0.1, 0.15) is 23.6 Å². The van der Waals surface area contributed by atoms with Crippen molar-refractivity contribution in [2.45, 2.75) is 18.9 Å². The van der Waals surface area contributed by atoms with Crippen LogP contribution >= 0.6 is 0 Å². The van der Waals surface area contributed by atoms with Gasteiger partial charge in [-0.1, -0.05) is 24.3 Å². The molecule has 0 unspecified atom stereocenters. The third-order valence-corrected chi connectivity index (χ3v) is 2.23. The van der Waals surface area contributed by atoms with Gasteiger partial charge >= 0.3 is 5.97 Å². The molecule has 0 fully saturated rings. The maximum absolute atomic E-state index is 10.3. The number of rotatable bonds is 5. The normalized spacial score (nSPS) is 12.4.